The molecule has 0 aliphatic carbocycles. The van der Waals surface area contributed by atoms with Crippen LogP contribution in [0, 0.1) is 10.5 Å². The number of primary amides is 1. The van der Waals surface area contributed by atoms with Gasteiger partial charge in [-0.2, -0.15) is 0 Å². The van der Waals surface area contributed by atoms with Gasteiger partial charge < -0.3 is 11.1 Å². The molecule has 0 bridgehead atoms. The first-order valence-electron chi connectivity index (χ1n) is 5.60. The molecule has 98 valence electrons. The van der Waals surface area contributed by atoms with Crippen molar-refractivity contribution in [2.24, 2.45) is 5.73 Å². The van der Waals surface area contributed by atoms with Gasteiger partial charge in [-0.15, -0.1) is 0 Å². The monoisotopic (exact) mass is 430 g/mol. The lowest BCUT2D eigenvalue weighted by atomic mass is 10.1. The highest BCUT2D eigenvalue weighted by Gasteiger charge is 2.12. The Labute approximate surface area is 133 Å². The molecule has 0 unspecified atom stereocenters. The zero-order valence-corrected chi connectivity index (χ0v) is 13.9. The highest BCUT2D eigenvalue weighted by atomic mass is 127. The van der Waals surface area contributed by atoms with Crippen molar-refractivity contribution in [3.63, 3.8) is 0 Å². The summed E-state index contributed by atoms with van der Waals surface area (Å²) in [6, 6.07) is 11.4. The first-order chi connectivity index (χ1) is 8.99. The van der Waals surface area contributed by atoms with Crippen molar-refractivity contribution in [1.82, 2.24) is 0 Å². The van der Waals surface area contributed by atoms with Gasteiger partial charge in [0.05, 0.1) is 11.3 Å². The number of halogens is 2. The number of anilines is 2. The van der Waals surface area contributed by atoms with E-state index in [9.17, 15) is 4.79 Å². The molecule has 0 atom stereocenters. The maximum atomic E-state index is 11.5. The van der Waals surface area contributed by atoms with Crippen LogP contribution in [0.5, 0.6) is 0 Å². The number of rotatable bonds is 3. The van der Waals surface area contributed by atoms with Gasteiger partial charge in [-0.25, -0.2) is 0 Å². The fourth-order valence-corrected chi connectivity index (χ4v) is 2.87. The van der Waals surface area contributed by atoms with E-state index in [1.807, 2.05) is 25.1 Å². The molecular weight excluding hydrogens is 419 g/mol. The third-order valence-corrected chi connectivity index (χ3v) is 4.06. The van der Waals surface area contributed by atoms with Gasteiger partial charge in [-0.3, -0.25) is 4.79 Å². The van der Waals surface area contributed by atoms with E-state index in [4.69, 9.17) is 5.73 Å². The summed E-state index contributed by atoms with van der Waals surface area (Å²) in [6.45, 7) is 2.02. The number of nitrogens with two attached hydrogens (primary N) is 1. The number of amides is 1. The Bertz CT molecular complexity index is 643. The summed E-state index contributed by atoms with van der Waals surface area (Å²) in [6.07, 6.45) is 0. The number of benzene rings is 2. The van der Waals surface area contributed by atoms with E-state index >= 15 is 0 Å². The van der Waals surface area contributed by atoms with Gasteiger partial charge in [0.15, 0.2) is 0 Å². The molecule has 0 aliphatic heterocycles. The molecule has 3 nitrogen and oxygen atoms in total. The minimum atomic E-state index is -0.452. The van der Waals surface area contributed by atoms with E-state index in [0.717, 1.165) is 15.7 Å². The van der Waals surface area contributed by atoms with Crippen molar-refractivity contribution in [2.45, 2.75) is 6.92 Å². The van der Waals surface area contributed by atoms with Crippen LogP contribution in [0.1, 0.15) is 15.9 Å². The Balaban J connectivity index is 2.46. The fraction of sp³-hybridized carbons (Fsp3) is 0.0714. The van der Waals surface area contributed by atoms with Crippen LogP contribution in [0.25, 0.3) is 0 Å². The standard InChI is InChI=1S/C14H12BrIN2O/c1-8-7-9(16)5-6-12(8)18-13-10(14(17)19)3-2-4-11(13)15/h2-7,18H,1H3,(H2,17,19). The van der Waals surface area contributed by atoms with Gasteiger partial charge in [-0.1, -0.05) is 6.07 Å². The normalized spacial score (nSPS) is 10.3. The Morgan fingerprint density at radius 2 is 2.05 bits per heavy atom. The molecule has 2 rings (SSSR count). The Kier molecular flexibility index (Phi) is 4.46. The largest absolute Gasteiger partial charge is 0.366 e. The predicted molar refractivity (Wildman–Crippen MR) is 89.8 cm³/mol. The molecule has 0 radical (unpaired) electrons. The van der Waals surface area contributed by atoms with Crippen molar-refractivity contribution < 1.29 is 4.79 Å². The first-order valence-corrected chi connectivity index (χ1v) is 7.47. The quantitative estimate of drug-likeness (QED) is 0.717. The maximum absolute atomic E-state index is 11.5. The SMILES string of the molecule is Cc1cc(I)ccc1Nc1c(Br)cccc1C(N)=O. The lowest BCUT2D eigenvalue weighted by molar-refractivity contribution is 0.100. The molecule has 0 fully saturated rings. The van der Waals surface area contributed by atoms with Crippen LogP contribution in [0.4, 0.5) is 11.4 Å². The third-order valence-electron chi connectivity index (χ3n) is 2.73. The number of para-hydroxylation sites is 1. The van der Waals surface area contributed by atoms with E-state index < -0.39 is 5.91 Å². The van der Waals surface area contributed by atoms with E-state index in [1.54, 1.807) is 12.1 Å². The average molecular weight is 431 g/mol. The maximum Gasteiger partial charge on any atom is 0.250 e. The molecule has 0 saturated heterocycles. The zero-order valence-electron chi connectivity index (χ0n) is 10.2. The highest BCUT2D eigenvalue weighted by molar-refractivity contribution is 14.1. The van der Waals surface area contributed by atoms with Crippen molar-refractivity contribution in [2.75, 3.05) is 5.32 Å². The van der Waals surface area contributed by atoms with Crippen LogP contribution >= 0.6 is 38.5 Å². The lowest BCUT2D eigenvalue weighted by Crippen LogP contribution is -2.13. The molecular formula is C14H12BrIN2O. The number of nitrogens with one attached hydrogen (secondary N) is 1. The molecule has 3 N–H and O–H groups in total. The Morgan fingerprint density at radius 3 is 2.68 bits per heavy atom. The van der Waals surface area contributed by atoms with E-state index in [1.165, 1.54) is 3.57 Å². The molecule has 5 heteroatoms. The van der Waals surface area contributed by atoms with Gasteiger partial charge in [0.2, 0.25) is 0 Å². The topological polar surface area (TPSA) is 55.1 Å². The number of carbonyl (C=O) groups excluding carboxylic acids is 1. The summed E-state index contributed by atoms with van der Waals surface area (Å²) in [5.41, 5.74) is 8.62. The second-order valence-electron chi connectivity index (χ2n) is 4.11. The van der Waals surface area contributed by atoms with Gasteiger partial charge in [-0.05, 0) is 81.3 Å². The molecule has 0 aliphatic rings. The van der Waals surface area contributed by atoms with Crippen LogP contribution in [0.15, 0.2) is 40.9 Å². The van der Waals surface area contributed by atoms with Crippen LogP contribution in [-0.4, -0.2) is 5.91 Å². The fourth-order valence-electron chi connectivity index (χ4n) is 1.76. The number of hydrogen-bond donors (Lipinski definition) is 2. The van der Waals surface area contributed by atoms with Gasteiger partial charge in [0, 0.05) is 13.7 Å². The summed E-state index contributed by atoms with van der Waals surface area (Å²) in [7, 11) is 0. The highest BCUT2D eigenvalue weighted by Crippen LogP contribution is 2.31. The molecule has 0 aromatic heterocycles. The molecule has 19 heavy (non-hydrogen) atoms. The third kappa shape index (κ3) is 3.27. The molecule has 2 aromatic carbocycles. The molecule has 0 spiro atoms. The summed E-state index contributed by atoms with van der Waals surface area (Å²) in [4.78, 5) is 11.5. The zero-order chi connectivity index (χ0) is 14.0. The van der Waals surface area contributed by atoms with Crippen molar-refractivity contribution in [3.8, 4) is 0 Å². The second-order valence-corrected chi connectivity index (χ2v) is 6.21. The van der Waals surface area contributed by atoms with Crippen molar-refractivity contribution in [3.05, 3.63) is 55.6 Å². The van der Waals surface area contributed by atoms with Gasteiger partial charge in [0.1, 0.15) is 0 Å². The summed E-state index contributed by atoms with van der Waals surface area (Å²) < 4.78 is 1.98. The Hall–Kier alpha value is -1.08. The smallest absolute Gasteiger partial charge is 0.250 e. The van der Waals surface area contributed by atoms with Crippen LogP contribution < -0.4 is 11.1 Å². The molecule has 1 amide bonds. The van der Waals surface area contributed by atoms with Gasteiger partial charge >= 0.3 is 0 Å². The first kappa shape index (κ1) is 14.3. The van der Waals surface area contributed by atoms with Crippen LogP contribution in [0.3, 0.4) is 0 Å². The number of carbonyl (C=O) groups is 1. The van der Waals surface area contributed by atoms with Crippen LogP contribution in [0.2, 0.25) is 0 Å². The molecule has 2 aromatic rings. The summed E-state index contributed by atoms with van der Waals surface area (Å²) in [5, 5.41) is 3.27. The van der Waals surface area contributed by atoms with Crippen LogP contribution in [-0.2, 0) is 0 Å². The summed E-state index contributed by atoms with van der Waals surface area (Å²) >= 11 is 5.71. The molecule has 0 heterocycles. The van der Waals surface area contributed by atoms with Crippen molar-refractivity contribution in [1.29, 1.82) is 0 Å². The minimum absolute atomic E-state index is 0.452. The summed E-state index contributed by atoms with van der Waals surface area (Å²) in [5.74, 6) is -0.452. The Morgan fingerprint density at radius 1 is 1.32 bits per heavy atom. The van der Waals surface area contributed by atoms with E-state index in [0.29, 0.717) is 11.3 Å². The average Bonchev–Trinajstić information content (AvgIpc) is 2.34. The number of aryl methyl sites for hydroxylation is 1. The molecule has 0 saturated carbocycles. The van der Waals surface area contributed by atoms with Crippen molar-refractivity contribution >= 4 is 55.8 Å². The minimum Gasteiger partial charge on any atom is -0.366 e. The van der Waals surface area contributed by atoms with E-state index in [2.05, 4.69) is 49.9 Å². The number of hydrogen-bond acceptors (Lipinski definition) is 2. The second kappa shape index (κ2) is 5.92. The predicted octanol–water partition coefficient (Wildman–Crippen LogP) is 4.20. The van der Waals surface area contributed by atoms with Gasteiger partial charge in [0.25, 0.3) is 5.91 Å². The van der Waals surface area contributed by atoms with E-state index in [-0.39, 0.29) is 0 Å². The lowest BCUT2D eigenvalue weighted by Gasteiger charge is -2.14.